The average molecular weight is 272 g/mol. The summed E-state index contributed by atoms with van der Waals surface area (Å²) in [4.78, 5) is 0. The van der Waals surface area contributed by atoms with E-state index in [-0.39, 0.29) is 6.42 Å². The Labute approximate surface area is 123 Å². The Kier molecular flexibility index (Phi) is 3.50. The lowest BCUT2D eigenvalue weighted by Gasteiger charge is -2.40. The summed E-state index contributed by atoms with van der Waals surface area (Å²) in [5, 5.41) is 38.3. The third-order valence-corrected chi connectivity index (χ3v) is 4.03. The molecule has 1 aliphatic carbocycles. The number of rotatable bonds is 1. The number of allylic oxidation sites excluding steroid dienone is 2. The lowest BCUT2D eigenvalue weighted by atomic mass is 9.53. The zero-order valence-corrected chi connectivity index (χ0v) is 11.5. The molecule has 0 spiro atoms. The van der Waals surface area contributed by atoms with Gasteiger partial charge in [0.1, 0.15) is 0 Å². The zero-order chi connectivity index (χ0) is 15.5. The summed E-state index contributed by atoms with van der Waals surface area (Å²) in [6, 6.07) is 16.9. The Morgan fingerprint density at radius 2 is 1.52 bits per heavy atom. The summed E-state index contributed by atoms with van der Waals surface area (Å²) >= 11 is 0. The van der Waals surface area contributed by atoms with Gasteiger partial charge in [-0.2, -0.15) is 21.0 Å². The number of benzene rings is 1. The highest BCUT2D eigenvalue weighted by atomic mass is 14.6. The molecular formula is C17H12N4. The number of hydrogen-bond acceptors (Lipinski definition) is 4. The van der Waals surface area contributed by atoms with Crippen molar-refractivity contribution in [2.45, 2.75) is 19.3 Å². The van der Waals surface area contributed by atoms with Gasteiger partial charge in [-0.1, -0.05) is 42.0 Å². The molecule has 4 nitrogen and oxygen atoms in total. The molecular weight excluding hydrogens is 260 g/mol. The highest BCUT2D eigenvalue weighted by Gasteiger charge is 2.60. The SMILES string of the molecule is CC1=CC(c2ccccc2)C(C#N)(C#N)C(C#N)(C#N)C1. The minimum Gasteiger partial charge on any atom is -0.196 e. The van der Waals surface area contributed by atoms with Crippen LogP contribution in [0, 0.1) is 56.2 Å². The van der Waals surface area contributed by atoms with Crippen LogP contribution in [0.25, 0.3) is 0 Å². The molecule has 100 valence electrons. The van der Waals surface area contributed by atoms with Gasteiger partial charge in [0.25, 0.3) is 0 Å². The van der Waals surface area contributed by atoms with Gasteiger partial charge < -0.3 is 0 Å². The second kappa shape index (κ2) is 5.13. The molecule has 0 fully saturated rings. The van der Waals surface area contributed by atoms with E-state index in [1.165, 1.54) is 0 Å². The molecule has 1 aliphatic rings. The molecule has 4 heteroatoms. The maximum atomic E-state index is 9.65. The molecule has 0 aliphatic heterocycles. The molecule has 0 aromatic heterocycles. The highest BCUT2D eigenvalue weighted by Crippen LogP contribution is 2.55. The summed E-state index contributed by atoms with van der Waals surface area (Å²) in [5.74, 6) is -0.596. The topological polar surface area (TPSA) is 95.2 Å². The first-order valence-corrected chi connectivity index (χ1v) is 6.46. The van der Waals surface area contributed by atoms with Gasteiger partial charge in [0.05, 0.1) is 24.3 Å². The first-order chi connectivity index (χ1) is 10.1. The van der Waals surface area contributed by atoms with Gasteiger partial charge in [0.15, 0.2) is 10.8 Å². The first kappa shape index (κ1) is 14.3. The van der Waals surface area contributed by atoms with Crippen molar-refractivity contribution in [1.82, 2.24) is 0 Å². The number of nitrogens with zero attached hydrogens (tertiary/aromatic N) is 4. The van der Waals surface area contributed by atoms with E-state index in [0.29, 0.717) is 0 Å². The maximum absolute atomic E-state index is 9.65. The van der Waals surface area contributed by atoms with Crippen LogP contribution in [0.3, 0.4) is 0 Å². The second-order valence-corrected chi connectivity index (χ2v) is 5.24. The molecule has 0 radical (unpaired) electrons. The molecule has 21 heavy (non-hydrogen) atoms. The van der Waals surface area contributed by atoms with E-state index < -0.39 is 16.7 Å². The van der Waals surface area contributed by atoms with E-state index in [2.05, 4.69) is 0 Å². The summed E-state index contributed by atoms with van der Waals surface area (Å²) in [5.41, 5.74) is -1.77. The Morgan fingerprint density at radius 3 is 2.00 bits per heavy atom. The van der Waals surface area contributed by atoms with Crippen LogP contribution in [0.5, 0.6) is 0 Å². The van der Waals surface area contributed by atoms with Crippen molar-refractivity contribution in [3.63, 3.8) is 0 Å². The minimum absolute atomic E-state index is 0.116. The second-order valence-electron chi connectivity index (χ2n) is 5.24. The van der Waals surface area contributed by atoms with Gasteiger partial charge >= 0.3 is 0 Å². The maximum Gasteiger partial charge on any atom is 0.185 e. The lowest BCUT2D eigenvalue weighted by Crippen LogP contribution is -2.45. The molecule has 0 bridgehead atoms. The van der Waals surface area contributed by atoms with Crippen LogP contribution in [0.15, 0.2) is 42.0 Å². The van der Waals surface area contributed by atoms with Crippen molar-refractivity contribution in [3.05, 3.63) is 47.5 Å². The predicted octanol–water partition coefficient (Wildman–Crippen LogP) is 3.19. The van der Waals surface area contributed by atoms with Gasteiger partial charge in [0, 0.05) is 12.3 Å². The molecule has 1 aromatic rings. The third kappa shape index (κ3) is 1.87. The molecule has 0 N–H and O–H groups in total. The largest absolute Gasteiger partial charge is 0.196 e. The molecule has 0 saturated heterocycles. The van der Waals surface area contributed by atoms with Crippen LogP contribution in [0.1, 0.15) is 24.8 Å². The van der Waals surface area contributed by atoms with E-state index in [9.17, 15) is 21.0 Å². The monoisotopic (exact) mass is 272 g/mol. The predicted molar refractivity (Wildman–Crippen MR) is 74.9 cm³/mol. The molecule has 1 atom stereocenters. The van der Waals surface area contributed by atoms with Gasteiger partial charge in [-0.05, 0) is 12.5 Å². The minimum atomic E-state index is -1.71. The lowest BCUT2D eigenvalue weighted by molar-refractivity contribution is 0.251. The average Bonchev–Trinajstić information content (AvgIpc) is 2.54. The van der Waals surface area contributed by atoms with E-state index >= 15 is 0 Å². The van der Waals surface area contributed by atoms with Crippen LogP contribution in [-0.4, -0.2) is 0 Å². The van der Waals surface area contributed by atoms with Crippen LogP contribution in [0.4, 0.5) is 0 Å². The molecule has 2 rings (SSSR count). The van der Waals surface area contributed by atoms with Crippen LogP contribution in [0.2, 0.25) is 0 Å². The van der Waals surface area contributed by atoms with Crippen molar-refractivity contribution in [1.29, 1.82) is 21.0 Å². The normalized spacial score (nSPS) is 21.8. The fourth-order valence-corrected chi connectivity index (χ4v) is 2.93. The molecule has 1 aromatic carbocycles. The fraction of sp³-hybridized carbons (Fsp3) is 0.294. The highest BCUT2D eigenvalue weighted by molar-refractivity contribution is 5.48. The van der Waals surface area contributed by atoms with E-state index in [4.69, 9.17) is 0 Å². The summed E-state index contributed by atoms with van der Waals surface area (Å²) in [6.45, 7) is 1.82. The van der Waals surface area contributed by atoms with E-state index in [1.54, 1.807) is 0 Å². The van der Waals surface area contributed by atoms with Crippen LogP contribution >= 0.6 is 0 Å². The summed E-state index contributed by atoms with van der Waals surface area (Å²) in [7, 11) is 0. The molecule has 1 unspecified atom stereocenters. The van der Waals surface area contributed by atoms with E-state index in [0.717, 1.165) is 11.1 Å². The zero-order valence-electron chi connectivity index (χ0n) is 11.5. The fourth-order valence-electron chi connectivity index (χ4n) is 2.93. The number of hydrogen-bond donors (Lipinski definition) is 0. The number of nitriles is 4. The Balaban J connectivity index is 2.79. The Morgan fingerprint density at radius 1 is 0.952 bits per heavy atom. The van der Waals surface area contributed by atoms with Crippen molar-refractivity contribution in [2.75, 3.05) is 0 Å². The quantitative estimate of drug-likeness (QED) is 0.733. The Bertz CT molecular complexity index is 719. The smallest absolute Gasteiger partial charge is 0.185 e. The van der Waals surface area contributed by atoms with Gasteiger partial charge in [-0.3, -0.25) is 0 Å². The van der Waals surface area contributed by atoms with Crippen molar-refractivity contribution in [2.24, 2.45) is 10.8 Å². The first-order valence-electron chi connectivity index (χ1n) is 6.46. The van der Waals surface area contributed by atoms with Gasteiger partial charge in [-0.25, -0.2) is 0 Å². The molecule has 0 heterocycles. The summed E-state index contributed by atoms with van der Waals surface area (Å²) in [6.07, 6.45) is 1.94. The van der Waals surface area contributed by atoms with Crippen LogP contribution in [-0.2, 0) is 0 Å². The summed E-state index contributed by atoms with van der Waals surface area (Å²) < 4.78 is 0. The standard InChI is InChI=1S/C17H12N4/c1-13-7-15(14-5-3-2-4-6-14)17(11-20,12-21)16(8-13,9-18)10-19/h2-7,15H,8H2,1H3. The van der Waals surface area contributed by atoms with Crippen LogP contribution < -0.4 is 0 Å². The molecule has 0 amide bonds. The van der Waals surface area contributed by atoms with Gasteiger partial charge in [0.2, 0.25) is 0 Å². The van der Waals surface area contributed by atoms with Crippen molar-refractivity contribution >= 4 is 0 Å². The van der Waals surface area contributed by atoms with Gasteiger partial charge in [-0.15, -0.1) is 0 Å². The van der Waals surface area contributed by atoms with Crippen molar-refractivity contribution in [3.8, 4) is 24.3 Å². The third-order valence-electron chi connectivity index (χ3n) is 4.03. The molecule has 0 saturated carbocycles. The van der Waals surface area contributed by atoms with E-state index in [1.807, 2.05) is 67.6 Å². The Hall–Kier alpha value is -3.08. The van der Waals surface area contributed by atoms with Crippen molar-refractivity contribution < 1.29 is 0 Å².